The van der Waals surface area contributed by atoms with Gasteiger partial charge in [-0.1, -0.05) is 36.2 Å². The van der Waals surface area contributed by atoms with Gasteiger partial charge in [0, 0.05) is 28.9 Å². The summed E-state index contributed by atoms with van der Waals surface area (Å²) in [5, 5.41) is 14.8. The lowest BCUT2D eigenvalue weighted by Gasteiger charge is -2.22. The standard InChI is InChI=1S/C14H20ClNOS/c15-13-7-2-1-6-12(13)14(17)10-16-9-11-5-3-4-8-18-11/h1-2,6-7,11,14,16-17H,3-5,8-10H2. The predicted molar refractivity (Wildman–Crippen MR) is 79.4 cm³/mol. The Kier molecular flexibility index (Phi) is 5.83. The highest BCUT2D eigenvalue weighted by Gasteiger charge is 2.15. The molecule has 0 aromatic heterocycles. The first-order valence-corrected chi connectivity index (χ1v) is 7.95. The van der Waals surface area contributed by atoms with Gasteiger partial charge in [-0.15, -0.1) is 0 Å². The van der Waals surface area contributed by atoms with Crippen molar-refractivity contribution in [2.75, 3.05) is 18.8 Å². The number of hydrogen-bond donors (Lipinski definition) is 2. The maximum absolute atomic E-state index is 10.1. The summed E-state index contributed by atoms with van der Waals surface area (Å²) in [5.74, 6) is 1.28. The lowest BCUT2D eigenvalue weighted by molar-refractivity contribution is 0.175. The molecule has 0 radical (unpaired) electrons. The summed E-state index contributed by atoms with van der Waals surface area (Å²) < 4.78 is 0. The molecule has 2 rings (SSSR count). The Morgan fingerprint density at radius 2 is 2.22 bits per heavy atom. The summed E-state index contributed by atoms with van der Waals surface area (Å²) in [6, 6.07) is 7.48. The molecule has 0 saturated carbocycles. The van der Waals surface area contributed by atoms with E-state index < -0.39 is 6.10 Å². The third-order valence-electron chi connectivity index (χ3n) is 3.25. The molecule has 1 aromatic rings. The van der Waals surface area contributed by atoms with Crippen LogP contribution in [-0.2, 0) is 0 Å². The number of halogens is 1. The fraction of sp³-hybridized carbons (Fsp3) is 0.571. The predicted octanol–water partition coefficient (Wildman–Crippen LogP) is 3.25. The van der Waals surface area contributed by atoms with Crippen molar-refractivity contribution in [2.45, 2.75) is 30.6 Å². The molecule has 0 aliphatic carbocycles. The molecule has 1 heterocycles. The van der Waals surface area contributed by atoms with Gasteiger partial charge in [-0.3, -0.25) is 0 Å². The van der Waals surface area contributed by atoms with Crippen LogP contribution in [0.4, 0.5) is 0 Å². The summed E-state index contributed by atoms with van der Waals surface area (Å²) in [5.41, 5.74) is 0.808. The van der Waals surface area contributed by atoms with Crippen LogP contribution in [0, 0.1) is 0 Å². The third kappa shape index (κ3) is 4.16. The summed E-state index contributed by atoms with van der Waals surface area (Å²) in [6.45, 7) is 1.55. The van der Waals surface area contributed by atoms with E-state index in [-0.39, 0.29) is 0 Å². The minimum atomic E-state index is -0.521. The van der Waals surface area contributed by atoms with Crippen molar-refractivity contribution in [3.05, 3.63) is 34.9 Å². The second-order valence-corrected chi connectivity index (χ2v) is 6.50. The van der Waals surface area contributed by atoms with E-state index in [9.17, 15) is 5.11 Å². The number of thioether (sulfide) groups is 1. The van der Waals surface area contributed by atoms with Gasteiger partial charge in [0.1, 0.15) is 0 Å². The molecule has 2 unspecified atom stereocenters. The Morgan fingerprint density at radius 3 is 2.94 bits per heavy atom. The number of aliphatic hydroxyl groups excluding tert-OH is 1. The van der Waals surface area contributed by atoms with Crippen molar-refractivity contribution < 1.29 is 5.11 Å². The monoisotopic (exact) mass is 285 g/mol. The minimum Gasteiger partial charge on any atom is -0.387 e. The highest BCUT2D eigenvalue weighted by molar-refractivity contribution is 7.99. The molecule has 2 nitrogen and oxygen atoms in total. The van der Waals surface area contributed by atoms with Crippen molar-refractivity contribution in [1.82, 2.24) is 5.32 Å². The van der Waals surface area contributed by atoms with Crippen molar-refractivity contribution >= 4 is 23.4 Å². The molecule has 2 N–H and O–H groups in total. The summed E-state index contributed by atoms with van der Waals surface area (Å²) in [7, 11) is 0. The average molecular weight is 286 g/mol. The summed E-state index contributed by atoms with van der Waals surface area (Å²) >= 11 is 8.10. The number of benzene rings is 1. The van der Waals surface area contributed by atoms with Gasteiger partial charge in [0.15, 0.2) is 0 Å². The Bertz CT molecular complexity index is 369. The molecule has 100 valence electrons. The van der Waals surface area contributed by atoms with Gasteiger partial charge in [-0.2, -0.15) is 11.8 Å². The zero-order valence-electron chi connectivity index (χ0n) is 10.4. The van der Waals surface area contributed by atoms with E-state index in [1.165, 1.54) is 25.0 Å². The van der Waals surface area contributed by atoms with Crippen LogP contribution in [0.5, 0.6) is 0 Å². The van der Waals surface area contributed by atoms with Crippen molar-refractivity contribution in [1.29, 1.82) is 0 Å². The SMILES string of the molecule is OC(CNCC1CCCCS1)c1ccccc1Cl. The second-order valence-electron chi connectivity index (χ2n) is 4.68. The first-order valence-electron chi connectivity index (χ1n) is 6.52. The lowest BCUT2D eigenvalue weighted by Crippen LogP contribution is -2.30. The minimum absolute atomic E-state index is 0.521. The molecule has 1 aliphatic heterocycles. The molecule has 1 aromatic carbocycles. The van der Waals surface area contributed by atoms with Gasteiger partial charge >= 0.3 is 0 Å². The van der Waals surface area contributed by atoms with E-state index >= 15 is 0 Å². The van der Waals surface area contributed by atoms with Crippen LogP contribution in [0.3, 0.4) is 0 Å². The van der Waals surface area contributed by atoms with Gasteiger partial charge in [-0.05, 0) is 24.7 Å². The van der Waals surface area contributed by atoms with Crippen LogP contribution >= 0.6 is 23.4 Å². The molecular weight excluding hydrogens is 266 g/mol. The van der Waals surface area contributed by atoms with E-state index in [1.807, 2.05) is 36.0 Å². The van der Waals surface area contributed by atoms with Crippen LogP contribution in [0.25, 0.3) is 0 Å². The lowest BCUT2D eigenvalue weighted by atomic mass is 10.1. The van der Waals surface area contributed by atoms with Crippen LogP contribution in [0.2, 0.25) is 5.02 Å². The average Bonchev–Trinajstić information content (AvgIpc) is 2.40. The van der Waals surface area contributed by atoms with Gasteiger partial charge in [0.25, 0.3) is 0 Å². The molecule has 0 spiro atoms. The van der Waals surface area contributed by atoms with Crippen LogP contribution in [0.1, 0.15) is 30.9 Å². The molecule has 0 bridgehead atoms. The molecule has 1 fully saturated rings. The van der Waals surface area contributed by atoms with Gasteiger partial charge in [0.05, 0.1) is 6.10 Å². The zero-order valence-corrected chi connectivity index (χ0v) is 12.0. The summed E-state index contributed by atoms with van der Waals surface area (Å²) in [6.07, 6.45) is 3.46. The Labute approximate surface area is 118 Å². The van der Waals surface area contributed by atoms with E-state index in [0.717, 1.165) is 12.1 Å². The second kappa shape index (κ2) is 7.39. The Balaban J connectivity index is 1.74. The fourth-order valence-corrected chi connectivity index (χ4v) is 3.74. The van der Waals surface area contributed by atoms with E-state index in [0.29, 0.717) is 16.8 Å². The normalized spacial score (nSPS) is 21.8. The maximum Gasteiger partial charge on any atom is 0.0928 e. The maximum atomic E-state index is 10.1. The Hall–Kier alpha value is -0.220. The molecule has 18 heavy (non-hydrogen) atoms. The first kappa shape index (κ1) is 14.2. The fourth-order valence-electron chi connectivity index (χ4n) is 2.20. The number of rotatable bonds is 5. The smallest absolute Gasteiger partial charge is 0.0928 e. The zero-order chi connectivity index (χ0) is 12.8. The topological polar surface area (TPSA) is 32.3 Å². The van der Waals surface area contributed by atoms with E-state index in [4.69, 9.17) is 11.6 Å². The van der Waals surface area contributed by atoms with Crippen molar-refractivity contribution in [2.24, 2.45) is 0 Å². The number of hydrogen-bond acceptors (Lipinski definition) is 3. The first-order chi connectivity index (χ1) is 8.77. The van der Waals surface area contributed by atoms with Gasteiger partial charge in [-0.25, -0.2) is 0 Å². The molecular formula is C14H20ClNOS. The van der Waals surface area contributed by atoms with Gasteiger partial charge in [0.2, 0.25) is 0 Å². The van der Waals surface area contributed by atoms with Crippen molar-refractivity contribution in [3.63, 3.8) is 0 Å². The molecule has 0 amide bonds. The Morgan fingerprint density at radius 1 is 1.39 bits per heavy atom. The third-order valence-corrected chi connectivity index (χ3v) is 4.99. The largest absolute Gasteiger partial charge is 0.387 e. The highest BCUT2D eigenvalue weighted by Crippen LogP contribution is 2.25. The van der Waals surface area contributed by atoms with Crippen LogP contribution in [0.15, 0.2) is 24.3 Å². The van der Waals surface area contributed by atoms with Crippen LogP contribution < -0.4 is 5.32 Å². The number of nitrogens with one attached hydrogen (secondary N) is 1. The molecule has 1 saturated heterocycles. The van der Waals surface area contributed by atoms with E-state index in [2.05, 4.69) is 5.32 Å². The quantitative estimate of drug-likeness (QED) is 0.871. The number of aliphatic hydroxyl groups is 1. The molecule has 1 aliphatic rings. The summed E-state index contributed by atoms with van der Waals surface area (Å²) in [4.78, 5) is 0. The van der Waals surface area contributed by atoms with Crippen molar-refractivity contribution in [3.8, 4) is 0 Å². The highest BCUT2D eigenvalue weighted by atomic mass is 35.5. The molecule has 2 atom stereocenters. The van der Waals surface area contributed by atoms with E-state index in [1.54, 1.807) is 0 Å². The van der Waals surface area contributed by atoms with Gasteiger partial charge < -0.3 is 10.4 Å². The molecule has 4 heteroatoms. The van der Waals surface area contributed by atoms with Crippen LogP contribution in [-0.4, -0.2) is 29.2 Å².